The van der Waals surface area contributed by atoms with Gasteiger partial charge in [0.1, 0.15) is 0 Å². The van der Waals surface area contributed by atoms with Crippen molar-refractivity contribution < 1.29 is 14.3 Å². The first kappa shape index (κ1) is 14.6. The Morgan fingerprint density at radius 1 is 1.40 bits per heavy atom. The molecule has 1 amide bonds. The van der Waals surface area contributed by atoms with E-state index >= 15 is 0 Å². The molecule has 2 aromatic rings. The maximum atomic E-state index is 12.2. The molecule has 1 N–H and O–H groups in total. The summed E-state index contributed by atoms with van der Waals surface area (Å²) in [5.41, 5.74) is 1.11. The highest BCUT2D eigenvalue weighted by atomic mass is 35.5. The molecule has 0 aliphatic rings. The Labute approximate surface area is 125 Å². The number of anilines is 1. The molecule has 0 radical (unpaired) electrons. The zero-order chi connectivity index (χ0) is 14.5. The molecule has 1 aromatic carbocycles. The average molecular weight is 313 g/mol. The van der Waals surface area contributed by atoms with E-state index in [0.29, 0.717) is 28.1 Å². The number of carbonyl (C=O) groups is 1. The molecular formula is C13H13ClN2O3S. The molecule has 7 heteroatoms. The summed E-state index contributed by atoms with van der Waals surface area (Å²) in [6.45, 7) is 0. The second kappa shape index (κ2) is 6.58. The van der Waals surface area contributed by atoms with Crippen molar-refractivity contribution in [3.63, 3.8) is 0 Å². The molecule has 1 aromatic heterocycles. The van der Waals surface area contributed by atoms with Crippen molar-refractivity contribution in [1.82, 2.24) is 4.98 Å². The molecule has 0 fully saturated rings. The number of methoxy groups -OCH3 is 2. The van der Waals surface area contributed by atoms with Crippen LogP contribution in [0.2, 0.25) is 0 Å². The number of halogens is 1. The van der Waals surface area contributed by atoms with Gasteiger partial charge in [-0.1, -0.05) is 6.07 Å². The Kier molecular flexibility index (Phi) is 4.81. The van der Waals surface area contributed by atoms with Gasteiger partial charge in [-0.2, -0.15) is 0 Å². The minimum Gasteiger partial charge on any atom is -0.493 e. The highest BCUT2D eigenvalue weighted by Crippen LogP contribution is 2.31. The molecule has 2 rings (SSSR count). The SMILES string of the molecule is COc1cccc(C(=O)Nc2nc(CCl)cs2)c1OC. The predicted molar refractivity (Wildman–Crippen MR) is 79.2 cm³/mol. The van der Waals surface area contributed by atoms with Crippen molar-refractivity contribution in [2.24, 2.45) is 0 Å². The second-order valence-electron chi connectivity index (χ2n) is 3.77. The zero-order valence-electron chi connectivity index (χ0n) is 11.0. The third kappa shape index (κ3) is 3.02. The summed E-state index contributed by atoms with van der Waals surface area (Å²) >= 11 is 7.00. The number of hydrogen-bond donors (Lipinski definition) is 1. The number of nitrogens with zero attached hydrogens (tertiary/aromatic N) is 1. The van der Waals surface area contributed by atoms with E-state index in [1.165, 1.54) is 25.6 Å². The minimum absolute atomic E-state index is 0.309. The standard InChI is InChI=1S/C13H13ClN2O3S/c1-18-10-5-3-4-9(11(10)19-2)12(17)16-13-15-8(6-14)7-20-13/h3-5,7H,6H2,1-2H3,(H,15,16,17). The number of thiazole rings is 1. The summed E-state index contributed by atoms with van der Waals surface area (Å²) in [6.07, 6.45) is 0. The number of nitrogens with one attached hydrogen (secondary N) is 1. The van der Waals surface area contributed by atoms with Gasteiger partial charge in [-0.25, -0.2) is 4.98 Å². The Morgan fingerprint density at radius 2 is 2.20 bits per heavy atom. The van der Waals surface area contributed by atoms with Crippen LogP contribution >= 0.6 is 22.9 Å². The monoisotopic (exact) mass is 312 g/mol. The zero-order valence-corrected chi connectivity index (χ0v) is 12.5. The van der Waals surface area contributed by atoms with Crippen LogP contribution in [0, 0.1) is 0 Å². The van der Waals surface area contributed by atoms with Crippen molar-refractivity contribution in [3.05, 3.63) is 34.8 Å². The van der Waals surface area contributed by atoms with Gasteiger partial charge in [0.25, 0.3) is 5.91 Å². The van der Waals surface area contributed by atoms with Gasteiger partial charge in [0, 0.05) is 5.38 Å². The van der Waals surface area contributed by atoms with Crippen LogP contribution in [0.4, 0.5) is 5.13 Å². The summed E-state index contributed by atoms with van der Waals surface area (Å²) in [7, 11) is 3.01. The van der Waals surface area contributed by atoms with Crippen molar-refractivity contribution in [1.29, 1.82) is 0 Å². The van der Waals surface area contributed by atoms with E-state index in [4.69, 9.17) is 21.1 Å². The van der Waals surface area contributed by atoms with Crippen LogP contribution in [0.25, 0.3) is 0 Å². The van der Waals surface area contributed by atoms with Gasteiger partial charge in [-0.15, -0.1) is 22.9 Å². The van der Waals surface area contributed by atoms with Crippen molar-refractivity contribution in [2.45, 2.75) is 5.88 Å². The minimum atomic E-state index is -0.309. The van der Waals surface area contributed by atoms with E-state index in [1.54, 1.807) is 23.6 Å². The number of para-hydroxylation sites is 1. The normalized spacial score (nSPS) is 10.2. The molecule has 106 valence electrons. The molecule has 0 bridgehead atoms. The van der Waals surface area contributed by atoms with Crippen molar-refractivity contribution >= 4 is 34.0 Å². The average Bonchev–Trinajstić information content (AvgIpc) is 2.93. The number of rotatable bonds is 5. The summed E-state index contributed by atoms with van der Waals surface area (Å²) in [5.74, 6) is 0.896. The van der Waals surface area contributed by atoms with E-state index < -0.39 is 0 Å². The molecule has 0 saturated heterocycles. The highest BCUT2D eigenvalue weighted by Gasteiger charge is 2.17. The van der Waals surface area contributed by atoms with E-state index in [2.05, 4.69) is 10.3 Å². The largest absolute Gasteiger partial charge is 0.493 e. The van der Waals surface area contributed by atoms with Gasteiger partial charge in [0.15, 0.2) is 16.6 Å². The lowest BCUT2D eigenvalue weighted by Gasteiger charge is -2.11. The number of hydrogen-bond acceptors (Lipinski definition) is 5. The van der Waals surface area contributed by atoms with E-state index in [9.17, 15) is 4.79 Å². The highest BCUT2D eigenvalue weighted by molar-refractivity contribution is 7.14. The first-order valence-corrected chi connectivity index (χ1v) is 7.13. The lowest BCUT2D eigenvalue weighted by molar-refractivity contribution is 0.102. The molecule has 5 nitrogen and oxygen atoms in total. The fourth-order valence-corrected chi connectivity index (χ4v) is 2.59. The lowest BCUT2D eigenvalue weighted by atomic mass is 10.1. The fraction of sp³-hybridized carbons (Fsp3) is 0.231. The van der Waals surface area contributed by atoms with E-state index in [-0.39, 0.29) is 5.91 Å². The number of ether oxygens (including phenoxy) is 2. The van der Waals surface area contributed by atoms with Gasteiger partial charge in [-0.05, 0) is 12.1 Å². The Hall–Kier alpha value is -1.79. The van der Waals surface area contributed by atoms with Gasteiger partial charge < -0.3 is 9.47 Å². The van der Waals surface area contributed by atoms with Gasteiger partial charge >= 0.3 is 0 Å². The van der Waals surface area contributed by atoms with Crippen molar-refractivity contribution in [3.8, 4) is 11.5 Å². The molecule has 0 saturated carbocycles. The van der Waals surface area contributed by atoms with Crippen molar-refractivity contribution in [2.75, 3.05) is 19.5 Å². The summed E-state index contributed by atoms with van der Waals surface area (Å²) in [6, 6.07) is 5.11. The van der Waals surface area contributed by atoms with Crippen LogP contribution in [-0.4, -0.2) is 25.1 Å². The van der Waals surface area contributed by atoms with Crippen LogP contribution in [0.5, 0.6) is 11.5 Å². The molecule has 0 spiro atoms. The quantitative estimate of drug-likeness (QED) is 0.862. The molecule has 20 heavy (non-hydrogen) atoms. The number of alkyl halides is 1. The molecule has 0 aliphatic carbocycles. The van der Waals surface area contributed by atoms with Gasteiger partial charge in [0.05, 0.1) is 31.4 Å². The van der Waals surface area contributed by atoms with E-state index in [0.717, 1.165) is 5.69 Å². The molecule has 0 atom stereocenters. The maximum absolute atomic E-state index is 12.2. The Balaban J connectivity index is 2.24. The Morgan fingerprint density at radius 3 is 2.80 bits per heavy atom. The molecule has 0 aliphatic heterocycles. The predicted octanol–water partition coefficient (Wildman–Crippen LogP) is 3.15. The van der Waals surface area contributed by atoms with Crippen LogP contribution in [0.15, 0.2) is 23.6 Å². The number of carbonyl (C=O) groups excluding carboxylic acids is 1. The number of aromatic nitrogens is 1. The summed E-state index contributed by atoms with van der Waals surface area (Å²) in [4.78, 5) is 16.4. The maximum Gasteiger partial charge on any atom is 0.261 e. The van der Waals surface area contributed by atoms with Crippen LogP contribution in [0.3, 0.4) is 0 Å². The van der Waals surface area contributed by atoms with Gasteiger partial charge in [0.2, 0.25) is 0 Å². The van der Waals surface area contributed by atoms with Crippen LogP contribution < -0.4 is 14.8 Å². The van der Waals surface area contributed by atoms with Gasteiger partial charge in [-0.3, -0.25) is 10.1 Å². The first-order chi connectivity index (χ1) is 9.69. The molecule has 1 heterocycles. The fourth-order valence-electron chi connectivity index (χ4n) is 1.66. The third-order valence-electron chi connectivity index (χ3n) is 2.56. The number of amides is 1. The van der Waals surface area contributed by atoms with E-state index in [1.807, 2.05) is 0 Å². The third-order valence-corrected chi connectivity index (χ3v) is 3.64. The molecular weight excluding hydrogens is 300 g/mol. The lowest BCUT2D eigenvalue weighted by Crippen LogP contribution is -2.13. The number of benzene rings is 1. The second-order valence-corrected chi connectivity index (χ2v) is 4.90. The first-order valence-electron chi connectivity index (χ1n) is 5.72. The van der Waals surface area contributed by atoms with Crippen LogP contribution in [0.1, 0.15) is 16.1 Å². The Bertz CT molecular complexity index is 615. The molecule has 0 unspecified atom stereocenters. The topological polar surface area (TPSA) is 60.5 Å². The summed E-state index contributed by atoms with van der Waals surface area (Å²) < 4.78 is 10.4. The summed E-state index contributed by atoms with van der Waals surface area (Å²) in [5, 5.41) is 5.01. The van der Waals surface area contributed by atoms with Crippen LogP contribution in [-0.2, 0) is 5.88 Å². The smallest absolute Gasteiger partial charge is 0.261 e.